The summed E-state index contributed by atoms with van der Waals surface area (Å²) in [5.41, 5.74) is 4.41. The lowest BCUT2D eigenvalue weighted by atomic mass is 10.1. The van der Waals surface area contributed by atoms with Crippen LogP contribution in [0.5, 0.6) is 5.75 Å². The Bertz CT molecular complexity index is 1190. The molecule has 38 heavy (non-hydrogen) atoms. The van der Waals surface area contributed by atoms with Gasteiger partial charge in [0.1, 0.15) is 18.0 Å². The number of amides is 2. The first-order valence-electron chi connectivity index (χ1n) is 13.7. The minimum absolute atomic E-state index is 0.0357. The molecule has 0 saturated carbocycles. The third-order valence-corrected chi connectivity index (χ3v) is 7.37. The molecule has 0 aromatic heterocycles. The van der Waals surface area contributed by atoms with E-state index < -0.39 is 0 Å². The first-order chi connectivity index (χ1) is 18.4. The lowest BCUT2D eigenvalue weighted by Crippen LogP contribution is -2.55. The highest BCUT2D eigenvalue weighted by Gasteiger charge is 2.44. The van der Waals surface area contributed by atoms with Gasteiger partial charge in [-0.15, -0.1) is 0 Å². The summed E-state index contributed by atoms with van der Waals surface area (Å²) in [4.78, 5) is 25.1. The monoisotopic (exact) mass is 514 g/mol. The number of hydrogen-bond acceptors (Lipinski definition) is 3. The van der Waals surface area contributed by atoms with Gasteiger partial charge in [-0.25, -0.2) is 0 Å². The number of anilines is 1. The predicted octanol–water partition coefficient (Wildman–Crippen LogP) is 5.85. The molecule has 0 saturated heterocycles. The molecule has 6 nitrogen and oxygen atoms in total. The Kier molecular flexibility index (Phi) is 9.55. The van der Waals surface area contributed by atoms with Crippen molar-refractivity contribution < 1.29 is 14.3 Å². The van der Waals surface area contributed by atoms with Crippen molar-refractivity contribution in [2.75, 3.05) is 26.0 Å². The number of ether oxygens (including phenoxy) is 1. The van der Waals surface area contributed by atoms with E-state index >= 15 is 0 Å². The van der Waals surface area contributed by atoms with Gasteiger partial charge in [0.25, 0.3) is 5.91 Å². The fourth-order valence-electron chi connectivity index (χ4n) is 5.11. The van der Waals surface area contributed by atoms with Gasteiger partial charge in [-0.05, 0) is 48.7 Å². The predicted molar refractivity (Wildman–Crippen MR) is 154 cm³/mol. The first kappa shape index (κ1) is 27.4. The number of carbonyl (C=O) groups excluding carboxylic acids is 2. The zero-order chi connectivity index (χ0) is 26.8. The van der Waals surface area contributed by atoms with E-state index in [2.05, 4.69) is 36.9 Å². The van der Waals surface area contributed by atoms with Gasteiger partial charge in [0.2, 0.25) is 5.91 Å². The summed E-state index contributed by atoms with van der Waals surface area (Å²) in [5, 5.41) is 6.11. The summed E-state index contributed by atoms with van der Waals surface area (Å²) >= 11 is 0. The molecule has 1 aliphatic rings. The normalized spacial score (nSPS) is 15.5. The van der Waals surface area contributed by atoms with Gasteiger partial charge in [0.15, 0.2) is 6.04 Å². The van der Waals surface area contributed by atoms with Crippen LogP contribution >= 0.6 is 0 Å². The summed E-state index contributed by atoms with van der Waals surface area (Å²) in [6.45, 7) is 1.23. The number of rotatable bonds is 13. The molecule has 1 unspecified atom stereocenters. The number of hydrogen-bond donors (Lipinski definition) is 2. The van der Waals surface area contributed by atoms with Crippen molar-refractivity contribution in [1.29, 1.82) is 0 Å². The molecule has 1 heterocycles. The van der Waals surface area contributed by atoms with E-state index in [4.69, 9.17) is 4.74 Å². The van der Waals surface area contributed by atoms with E-state index in [-0.39, 0.29) is 17.9 Å². The maximum atomic E-state index is 12.8. The number of quaternary nitrogens is 1. The van der Waals surface area contributed by atoms with Crippen molar-refractivity contribution in [2.24, 2.45) is 0 Å². The fourth-order valence-corrected chi connectivity index (χ4v) is 5.11. The molecule has 1 atom stereocenters. The minimum Gasteiger partial charge on any atom is -0.489 e. The van der Waals surface area contributed by atoms with Crippen LogP contribution in [0.25, 0.3) is 0 Å². The number of nitrogens with one attached hydrogen (secondary N) is 2. The van der Waals surface area contributed by atoms with Crippen LogP contribution in [0.3, 0.4) is 0 Å². The van der Waals surface area contributed by atoms with Crippen LogP contribution in [0.1, 0.15) is 49.7 Å². The van der Waals surface area contributed by atoms with Crippen molar-refractivity contribution in [3.8, 4) is 5.75 Å². The molecule has 0 bridgehead atoms. The highest BCUT2D eigenvalue weighted by molar-refractivity contribution is 5.90. The lowest BCUT2D eigenvalue weighted by Gasteiger charge is -2.31. The Hall–Kier alpha value is -3.64. The fraction of sp³-hybridized carbons (Fsp3) is 0.375. The van der Waals surface area contributed by atoms with E-state index in [0.717, 1.165) is 55.5 Å². The number of likely N-dealkylation sites (N-methyl/N-ethyl adjacent to an activating group) is 1. The minimum atomic E-state index is -0.0658. The smallest absolute Gasteiger partial charge is 0.279 e. The average molecular weight is 515 g/mol. The van der Waals surface area contributed by atoms with Gasteiger partial charge in [-0.3, -0.25) is 14.1 Å². The molecule has 0 radical (unpaired) electrons. The maximum Gasteiger partial charge on any atom is 0.279 e. The molecular formula is C32H40N3O3+. The highest BCUT2D eigenvalue weighted by Crippen LogP contribution is 2.35. The number of benzene rings is 3. The summed E-state index contributed by atoms with van der Waals surface area (Å²) in [5.74, 6) is 0.950. The summed E-state index contributed by atoms with van der Waals surface area (Å²) < 4.78 is 6.40. The van der Waals surface area contributed by atoms with Gasteiger partial charge < -0.3 is 15.4 Å². The van der Waals surface area contributed by atoms with Crippen LogP contribution in [-0.2, 0) is 22.6 Å². The average Bonchev–Trinajstić information content (AvgIpc) is 3.20. The standard InChI is InChI=1S/C32H39N3O3/c1-35(2)29-16-11-10-15-26(29)23-30(35)32(37)33-22-12-5-3-4-9-17-31(36)34-27-18-20-28(21-19-27)38-24-25-13-7-6-8-14-25/h6-8,10-11,13-16,18-21,30H,3-5,9,12,17,22-24H2,1-2H3,(H-,33,34,36,37)/p+1. The van der Waals surface area contributed by atoms with Crippen LogP contribution < -0.4 is 19.9 Å². The Morgan fingerprint density at radius 3 is 2.29 bits per heavy atom. The van der Waals surface area contributed by atoms with Gasteiger partial charge in [-0.2, -0.15) is 0 Å². The lowest BCUT2D eigenvalue weighted by molar-refractivity contribution is -0.124. The van der Waals surface area contributed by atoms with Gasteiger partial charge in [0, 0.05) is 30.6 Å². The molecule has 6 heteroatoms. The Morgan fingerprint density at radius 1 is 0.842 bits per heavy atom. The molecular weight excluding hydrogens is 474 g/mol. The van der Waals surface area contributed by atoms with Gasteiger partial charge in [-0.1, -0.05) is 67.8 Å². The second kappa shape index (κ2) is 13.2. The van der Waals surface area contributed by atoms with E-state index in [1.165, 1.54) is 11.3 Å². The van der Waals surface area contributed by atoms with Crippen molar-refractivity contribution in [3.05, 3.63) is 90.0 Å². The van der Waals surface area contributed by atoms with Crippen LogP contribution in [-0.4, -0.2) is 38.5 Å². The molecule has 200 valence electrons. The number of nitrogens with zero attached hydrogens (tertiary/aromatic N) is 1. The molecule has 1 aliphatic heterocycles. The first-order valence-corrected chi connectivity index (χ1v) is 13.7. The number of fused-ring (bicyclic) bond motifs is 1. The quantitative estimate of drug-likeness (QED) is 0.222. The zero-order valence-electron chi connectivity index (χ0n) is 22.6. The molecule has 2 N–H and O–H groups in total. The largest absolute Gasteiger partial charge is 0.489 e. The Morgan fingerprint density at radius 2 is 1.53 bits per heavy atom. The summed E-state index contributed by atoms with van der Waals surface area (Å²) in [6.07, 6.45) is 6.26. The van der Waals surface area contributed by atoms with Gasteiger partial charge in [0.05, 0.1) is 14.1 Å². The van der Waals surface area contributed by atoms with Crippen LogP contribution in [0.15, 0.2) is 78.9 Å². The zero-order valence-corrected chi connectivity index (χ0v) is 22.6. The Labute approximate surface area is 226 Å². The summed E-state index contributed by atoms with van der Waals surface area (Å²) in [7, 11) is 4.23. The van der Waals surface area contributed by atoms with Crippen LogP contribution in [0.4, 0.5) is 11.4 Å². The molecule has 2 amide bonds. The van der Waals surface area contributed by atoms with Crippen molar-refractivity contribution >= 4 is 23.2 Å². The molecule has 0 fully saturated rings. The van der Waals surface area contributed by atoms with Crippen LogP contribution in [0, 0.1) is 0 Å². The van der Waals surface area contributed by atoms with E-state index in [0.29, 0.717) is 24.1 Å². The highest BCUT2D eigenvalue weighted by atomic mass is 16.5. The second-order valence-corrected chi connectivity index (χ2v) is 10.5. The maximum absolute atomic E-state index is 12.8. The third-order valence-electron chi connectivity index (χ3n) is 7.37. The van der Waals surface area contributed by atoms with Crippen molar-refractivity contribution in [3.63, 3.8) is 0 Å². The molecule has 0 spiro atoms. The van der Waals surface area contributed by atoms with Gasteiger partial charge >= 0.3 is 0 Å². The van der Waals surface area contributed by atoms with E-state index in [9.17, 15) is 9.59 Å². The van der Waals surface area contributed by atoms with Crippen LogP contribution in [0.2, 0.25) is 0 Å². The van der Waals surface area contributed by atoms with Crippen molar-refractivity contribution in [2.45, 2.75) is 57.6 Å². The van der Waals surface area contributed by atoms with E-state index in [1.807, 2.05) is 66.7 Å². The van der Waals surface area contributed by atoms with E-state index in [1.54, 1.807) is 0 Å². The van der Waals surface area contributed by atoms with Crippen molar-refractivity contribution in [1.82, 2.24) is 9.80 Å². The number of carbonyl (C=O) groups is 2. The topological polar surface area (TPSA) is 67.4 Å². The number of para-hydroxylation sites is 1. The molecule has 0 aliphatic carbocycles. The SMILES string of the molecule is C[N+]1(C)c2ccccc2CC1C(=O)NCCCCCCCC(=O)Nc1ccc(OCc2ccccc2)cc1. The summed E-state index contributed by atoms with van der Waals surface area (Å²) in [6, 6.07) is 25.8. The molecule has 3 aromatic carbocycles. The number of unbranched alkanes of at least 4 members (excludes halogenated alkanes) is 4. The second-order valence-electron chi connectivity index (χ2n) is 10.5. The third kappa shape index (κ3) is 7.45. The molecule has 4 rings (SSSR count). The molecule has 3 aromatic rings. The Balaban J connectivity index is 1.04.